The van der Waals surface area contributed by atoms with Crippen molar-refractivity contribution in [3.05, 3.63) is 35.9 Å². The first-order valence-electron chi connectivity index (χ1n) is 4.96. The van der Waals surface area contributed by atoms with E-state index in [0.717, 1.165) is 5.56 Å². The third kappa shape index (κ3) is 3.34. The number of nitrogens with one attached hydrogen (secondary N) is 1. The van der Waals surface area contributed by atoms with Gasteiger partial charge in [0.2, 0.25) is 0 Å². The average Bonchev–Trinajstić information content (AvgIpc) is 2.27. The van der Waals surface area contributed by atoms with Crippen molar-refractivity contribution >= 4 is 5.91 Å². The molecule has 4 heteroatoms. The van der Waals surface area contributed by atoms with Crippen LogP contribution in [0.4, 0.5) is 0 Å². The van der Waals surface area contributed by atoms with Gasteiger partial charge in [-0.05, 0) is 12.0 Å². The van der Waals surface area contributed by atoms with Gasteiger partial charge in [-0.3, -0.25) is 4.79 Å². The number of benzene rings is 1. The Hall–Kier alpha value is -1.39. The number of amides is 1. The van der Waals surface area contributed by atoms with E-state index in [-0.39, 0.29) is 5.91 Å². The second kappa shape index (κ2) is 4.91. The van der Waals surface area contributed by atoms with Crippen LogP contribution in [0.5, 0.6) is 0 Å². The van der Waals surface area contributed by atoms with E-state index in [2.05, 4.69) is 5.32 Å². The van der Waals surface area contributed by atoms with Crippen molar-refractivity contribution in [2.24, 2.45) is 11.5 Å². The standard InChI is InChI=1S/C11H17N3O/c1-2-11(12,13)10(15)14-8-9-6-4-3-5-7-9/h3-7H,2,8,12-13H2,1H3,(H,14,15). The normalized spacial score (nSPS) is 11.1. The molecule has 0 radical (unpaired) electrons. The van der Waals surface area contributed by atoms with E-state index in [1.807, 2.05) is 30.3 Å². The van der Waals surface area contributed by atoms with E-state index >= 15 is 0 Å². The lowest BCUT2D eigenvalue weighted by Gasteiger charge is -2.21. The maximum Gasteiger partial charge on any atom is 0.254 e. The van der Waals surface area contributed by atoms with Gasteiger partial charge in [0.1, 0.15) is 5.66 Å². The molecule has 0 fully saturated rings. The van der Waals surface area contributed by atoms with Gasteiger partial charge in [-0.15, -0.1) is 0 Å². The SMILES string of the molecule is CCC(N)(N)C(=O)NCc1ccccc1. The molecule has 5 N–H and O–H groups in total. The van der Waals surface area contributed by atoms with Crippen molar-refractivity contribution in [2.75, 3.05) is 0 Å². The van der Waals surface area contributed by atoms with Gasteiger partial charge in [0.15, 0.2) is 0 Å². The van der Waals surface area contributed by atoms with Gasteiger partial charge in [0, 0.05) is 6.54 Å². The second-order valence-corrected chi connectivity index (χ2v) is 3.56. The molecule has 0 saturated carbocycles. The summed E-state index contributed by atoms with van der Waals surface area (Å²) < 4.78 is 0. The van der Waals surface area contributed by atoms with E-state index in [1.54, 1.807) is 6.92 Å². The largest absolute Gasteiger partial charge is 0.349 e. The van der Waals surface area contributed by atoms with Gasteiger partial charge in [-0.1, -0.05) is 37.3 Å². The third-order valence-corrected chi connectivity index (χ3v) is 2.30. The van der Waals surface area contributed by atoms with Gasteiger partial charge in [-0.25, -0.2) is 0 Å². The molecule has 0 aliphatic heterocycles. The van der Waals surface area contributed by atoms with Crippen LogP contribution in [0.2, 0.25) is 0 Å². The first kappa shape index (κ1) is 11.7. The molecule has 1 aromatic carbocycles. The molecule has 0 aliphatic rings. The monoisotopic (exact) mass is 207 g/mol. The molecule has 82 valence electrons. The second-order valence-electron chi connectivity index (χ2n) is 3.56. The van der Waals surface area contributed by atoms with E-state index in [1.165, 1.54) is 0 Å². The minimum absolute atomic E-state index is 0.325. The molecule has 1 amide bonds. The minimum atomic E-state index is -1.27. The average molecular weight is 207 g/mol. The third-order valence-electron chi connectivity index (χ3n) is 2.30. The van der Waals surface area contributed by atoms with Crippen molar-refractivity contribution in [3.63, 3.8) is 0 Å². The van der Waals surface area contributed by atoms with Gasteiger partial charge in [0.05, 0.1) is 0 Å². The van der Waals surface area contributed by atoms with Crippen molar-refractivity contribution in [1.82, 2.24) is 5.32 Å². The number of rotatable bonds is 4. The van der Waals surface area contributed by atoms with Crippen molar-refractivity contribution in [2.45, 2.75) is 25.6 Å². The van der Waals surface area contributed by atoms with Gasteiger partial charge < -0.3 is 16.8 Å². The van der Waals surface area contributed by atoms with E-state index < -0.39 is 5.66 Å². The summed E-state index contributed by atoms with van der Waals surface area (Å²) in [5, 5.41) is 2.70. The Kier molecular flexibility index (Phi) is 3.82. The van der Waals surface area contributed by atoms with Crippen molar-refractivity contribution < 1.29 is 4.79 Å². The highest BCUT2D eigenvalue weighted by Gasteiger charge is 2.25. The molecule has 0 atom stereocenters. The van der Waals surface area contributed by atoms with Crippen molar-refractivity contribution in [3.8, 4) is 0 Å². The lowest BCUT2D eigenvalue weighted by Crippen LogP contribution is -2.60. The fourth-order valence-electron chi connectivity index (χ4n) is 1.10. The fraction of sp³-hybridized carbons (Fsp3) is 0.364. The maximum atomic E-state index is 11.5. The predicted molar refractivity (Wildman–Crippen MR) is 59.7 cm³/mol. The Morgan fingerprint density at radius 3 is 2.47 bits per heavy atom. The summed E-state index contributed by atoms with van der Waals surface area (Å²) in [4.78, 5) is 11.5. The lowest BCUT2D eigenvalue weighted by atomic mass is 10.1. The molecular formula is C11H17N3O. The number of carbonyl (C=O) groups excluding carboxylic acids is 1. The number of hydrogen-bond acceptors (Lipinski definition) is 3. The molecule has 1 aromatic rings. The van der Waals surface area contributed by atoms with Gasteiger partial charge in [0.25, 0.3) is 5.91 Å². The Bertz CT molecular complexity index is 322. The van der Waals surface area contributed by atoms with Crippen LogP contribution in [0.15, 0.2) is 30.3 Å². The Labute approximate surface area is 89.6 Å². The fourth-order valence-corrected chi connectivity index (χ4v) is 1.10. The quantitative estimate of drug-likeness (QED) is 0.622. The minimum Gasteiger partial charge on any atom is -0.349 e. The Morgan fingerprint density at radius 2 is 1.93 bits per heavy atom. The topological polar surface area (TPSA) is 81.1 Å². The highest BCUT2D eigenvalue weighted by Crippen LogP contribution is 2.00. The summed E-state index contributed by atoms with van der Waals surface area (Å²) in [6.07, 6.45) is 0.410. The summed E-state index contributed by atoms with van der Waals surface area (Å²) in [6, 6.07) is 9.62. The van der Waals surface area contributed by atoms with Crippen molar-refractivity contribution in [1.29, 1.82) is 0 Å². The molecule has 4 nitrogen and oxygen atoms in total. The molecular weight excluding hydrogens is 190 g/mol. The highest BCUT2D eigenvalue weighted by molar-refractivity contribution is 5.85. The zero-order valence-corrected chi connectivity index (χ0v) is 8.86. The smallest absolute Gasteiger partial charge is 0.254 e. The molecule has 1 rings (SSSR count). The molecule has 0 spiro atoms. The molecule has 0 saturated heterocycles. The van der Waals surface area contributed by atoms with Gasteiger partial charge in [-0.2, -0.15) is 0 Å². The summed E-state index contributed by atoms with van der Waals surface area (Å²) in [6.45, 7) is 2.23. The summed E-state index contributed by atoms with van der Waals surface area (Å²) >= 11 is 0. The molecule has 15 heavy (non-hydrogen) atoms. The molecule has 0 bridgehead atoms. The Balaban J connectivity index is 2.48. The summed E-state index contributed by atoms with van der Waals surface area (Å²) in [5.74, 6) is -0.325. The van der Waals surface area contributed by atoms with Crippen LogP contribution in [0.1, 0.15) is 18.9 Å². The molecule has 0 unspecified atom stereocenters. The van der Waals surface area contributed by atoms with Crippen LogP contribution in [-0.4, -0.2) is 11.6 Å². The van der Waals surface area contributed by atoms with Crippen LogP contribution in [0.3, 0.4) is 0 Å². The number of hydrogen-bond donors (Lipinski definition) is 3. The molecule has 0 heterocycles. The first-order valence-corrected chi connectivity index (χ1v) is 4.96. The van der Waals surface area contributed by atoms with Gasteiger partial charge >= 0.3 is 0 Å². The van der Waals surface area contributed by atoms with E-state index in [9.17, 15) is 4.79 Å². The number of nitrogens with two attached hydrogens (primary N) is 2. The number of carbonyl (C=O) groups is 1. The first-order chi connectivity index (χ1) is 7.06. The van der Waals surface area contributed by atoms with Crippen LogP contribution < -0.4 is 16.8 Å². The van der Waals surface area contributed by atoms with Crippen LogP contribution in [0.25, 0.3) is 0 Å². The zero-order valence-electron chi connectivity index (χ0n) is 8.86. The maximum absolute atomic E-state index is 11.5. The zero-order chi connectivity index (χ0) is 11.3. The predicted octanol–water partition coefficient (Wildman–Crippen LogP) is 0.327. The lowest BCUT2D eigenvalue weighted by molar-refractivity contribution is -0.126. The summed E-state index contributed by atoms with van der Waals surface area (Å²) in [5.41, 5.74) is 10.9. The molecule has 0 aromatic heterocycles. The van der Waals surface area contributed by atoms with Crippen LogP contribution in [-0.2, 0) is 11.3 Å². The summed E-state index contributed by atoms with van der Waals surface area (Å²) in [7, 11) is 0. The molecule has 0 aliphatic carbocycles. The van der Waals surface area contributed by atoms with E-state index in [0.29, 0.717) is 13.0 Å². The Morgan fingerprint density at radius 1 is 1.33 bits per heavy atom. The highest BCUT2D eigenvalue weighted by atomic mass is 16.2. The van der Waals surface area contributed by atoms with E-state index in [4.69, 9.17) is 11.5 Å². The van der Waals surface area contributed by atoms with Crippen LogP contribution >= 0.6 is 0 Å². The van der Waals surface area contributed by atoms with Crippen LogP contribution in [0, 0.1) is 0 Å².